The van der Waals surface area contributed by atoms with Gasteiger partial charge < -0.3 is 4.74 Å². The van der Waals surface area contributed by atoms with E-state index in [1.165, 1.54) is 4.88 Å². The van der Waals surface area contributed by atoms with Gasteiger partial charge in [-0.25, -0.2) is 4.98 Å². The third kappa shape index (κ3) is 2.51. The van der Waals surface area contributed by atoms with Crippen LogP contribution < -0.4 is 5.56 Å². The number of methoxy groups -OCH3 is 1. The Labute approximate surface area is 137 Å². The number of aryl methyl sites for hydroxylation is 2. The lowest BCUT2D eigenvalue weighted by Gasteiger charge is -2.09. The molecule has 0 saturated heterocycles. The molecule has 0 radical (unpaired) electrons. The van der Waals surface area contributed by atoms with Crippen LogP contribution in [0.4, 0.5) is 0 Å². The molecule has 0 aliphatic carbocycles. The fourth-order valence-electron chi connectivity index (χ4n) is 2.61. The zero-order valence-electron chi connectivity index (χ0n) is 12.9. The highest BCUT2D eigenvalue weighted by Gasteiger charge is 2.20. The molecule has 6 heteroatoms. The predicted molar refractivity (Wildman–Crippen MR) is 93.2 cm³/mol. The maximum atomic E-state index is 13.0. The van der Waals surface area contributed by atoms with E-state index < -0.39 is 0 Å². The Hall–Kier alpha value is -1.50. The van der Waals surface area contributed by atoms with Gasteiger partial charge in [0.1, 0.15) is 10.7 Å². The Morgan fingerprint density at radius 3 is 2.86 bits per heavy atom. The van der Waals surface area contributed by atoms with Crippen LogP contribution in [-0.4, -0.2) is 23.3 Å². The number of hydrogen-bond donors (Lipinski definition) is 0. The van der Waals surface area contributed by atoms with Gasteiger partial charge in [-0.15, -0.1) is 22.7 Å². The lowest BCUT2D eigenvalue weighted by atomic mass is 10.1. The summed E-state index contributed by atoms with van der Waals surface area (Å²) in [5.41, 5.74) is 1.11. The highest BCUT2D eigenvalue weighted by Crippen LogP contribution is 2.38. The summed E-state index contributed by atoms with van der Waals surface area (Å²) in [6, 6.07) is 4.10. The van der Waals surface area contributed by atoms with E-state index in [2.05, 4.69) is 18.0 Å². The molecule has 3 heterocycles. The number of fused-ring (bicyclic) bond motifs is 1. The molecule has 0 amide bonds. The van der Waals surface area contributed by atoms with Crippen molar-refractivity contribution < 1.29 is 4.74 Å². The fraction of sp³-hybridized carbons (Fsp3) is 0.375. The molecule has 116 valence electrons. The molecule has 0 aliphatic heterocycles. The minimum Gasteiger partial charge on any atom is -0.383 e. The largest absolute Gasteiger partial charge is 0.383 e. The SMILES string of the molecule is CCc1sc2nc(C)n(CCOC)c(=O)c2c1-c1cccs1. The van der Waals surface area contributed by atoms with Crippen LogP contribution in [0.1, 0.15) is 17.6 Å². The molecule has 22 heavy (non-hydrogen) atoms. The molecule has 0 N–H and O–H groups in total. The van der Waals surface area contributed by atoms with E-state index in [-0.39, 0.29) is 5.56 Å². The molecule has 0 spiro atoms. The van der Waals surface area contributed by atoms with Gasteiger partial charge in [-0.1, -0.05) is 13.0 Å². The van der Waals surface area contributed by atoms with Crippen molar-refractivity contribution in [2.75, 3.05) is 13.7 Å². The van der Waals surface area contributed by atoms with Crippen molar-refractivity contribution in [1.29, 1.82) is 0 Å². The van der Waals surface area contributed by atoms with Crippen molar-refractivity contribution in [1.82, 2.24) is 9.55 Å². The smallest absolute Gasteiger partial charge is 0.263 e. The first kappa shape index (κ1) is 15.4. The van der Waals surface area contributed by atoms with E-state index in [4.69, 9.17) is 4.74 Å². The van der Waals surface area contributed by atoms with Crippen LogP contribution in [0.25, 0.3) is 20.7 Å². The molecule has 3 aromatic heterocycles. The van der Waals surface area contributed by atoms with Crippen LogP contribution >= 0.6 is 22.7 Å². The number of ether oxygens (including phenoxy) is 1. The van der Waals surface area contributed by atoms with Crippen LogP contribution in [-0.2, 0) is 17.7 Å². The second kappa shape index (κ2) is 6.32. The summed E-state index contributed by atoms with van der Waals surface area (Å²) in [4.78, 5) is 20.9. The van der Waals surface area contributed by atoms with Crippen molar-refractivity contribution in [3.8, 4) is 10.4 Å². The Kier molecular flexibility index (Phi) is 4.42. The van der Waals surface area contributed by atoms with Crippen molar-refractivity contribution in [2.24, 2.45) is 0 Å². The first-order valence-corrected chi connectivity index (χ1v) is 8.92. The second-order valence-electron chi connectivity index (χ2n) is 5.02. The molecule has 0 fully saturated rings. The first-order chi connectivity index (χ1) is 10.7. The monoisotopic (exact) mass is 334 g/mol. The fourth-order valence-corrected chi connectivity index (χ4v) is 4.64. The molecule has 0 bridgehead atoms. The van der Waals surface area contributed by atoms with Crippen LogP contribution in [0.5, 0.6) is 0 Å². The second-order valence-corrected chi connectivity index (χ2v) is 7.05. The third-order valence-electron chi connectivity index (χ3n) is 3.68. The third-order valence-corrected chi connectivity index (χ3v) is 5.80. The highest BCUT2D eigenvalue weighted by atomic mass is 32.1. The topological polar surface area (TPSA) is 44.1 Å². The van der Waals surface area contributed by atoms with E-state index in [0.29, 0.717) is 13.2 Å². The summed E-state index contributed by atoms with van der Waals surface area (Å²) in [5, 5.41) is 2.80. The Bertz CT molecular complexity index is 847. The van der Waals surface area contributed by atoms with Gasteiger partial charge in [-0.2, -0.15) is 0 Å². The molecule has 3 aromatic rings. The molecule has 0 unspecified atom stereocenters. The van der Waals surface area contributed by atoms with Gasteiger partial charge in [0.2, 0.25) is 0 Å². The zero-order chi connectivity index (χ0) is 15.7. The van der Waals surface area contributed by atoms with Gasteiger partial charge in [0, 0.05) is 22.4 Å². The van der Waals surface area contributed by atoms with Crippen LogP contribution in [0, 0.1) is 6.92 Å². The maximum Gasteiger partial charge on any atom is 0.263 e. The molecule has 0 aliphatic rings. The minimum absolute atomic E-state index is 0.0406. The highest BCUT2D eigenvalue weighted by molar-refractivity contribution is 7.20. The predicted octanol–water partition coefficient (Wildman–Crippen LogP) is 3.70. The molecule has 3 rings (SSSR count). The minimum atomic E-state index is 0.0406. The van der Waals surface area contributed by atoms with E-state index in [1.54, 1.807) is 34.4 Å². The van der Waals surface area contributed by atoms with Crippen LogP contribution in [0.3, 0.4) is 0 Å². The van der Waals surface area contributed by atoms with E-state index in [0.717, 1.165) is 32.9 Å². The van der Waals surface area contributed by atoms with Gasteiger partial charge in [0.15, 0.2) is 0 Å². The molecule has 0 aromatic carbocycles. The summed E-state index contributed by atoms with van der Waals surface area (Å²) in [6.45, 7) is 5.04. The average Bonchev–Trinajstić information content (AvgIpc) is 3.13. The summed E-state index contributed by atoms with van der Waals surface area (Å²) in [6.07, 6.45) is 0.908. The van der Waals surface area contributed by atoms with Gasteiger partial charge in [0.05, 0.1) is 18.5 Å². The zero-order valence-corrected chi connectivity index (χ0v) is 14.5. The van der Waals surface area contributed by atoms with Crippen molar-refractivity contribution in [3.05, 3.63) is 38.6 Å². The van der Waals surface area contributed by atoms with E-state index in [1.807, 2.05) is 18.4 Å². The summed E-state index contributed by atoms with van der Waals surface area (Å²) >= 11 is 3.30. The average molecular weight is 334 g/mol. The molecule has 0 saturated carbocycles. The standard InChI is InChI=1S/C16H18N2O2S2/c1-4-11-13(12-6-5-9-21-12)14-15(22-11)17-10(2)18(16(14)19)7-8-20-3/h5-6,9H,4,7-8H2,1-3H3. The maximum absolute atomic E-state index is 13.0. The Balaban J connectivity index is 2.32. The number of rotatable bonds is 5. The quantitative estimate of drug-likeness (QED) is 0.714. The summed E-state index contributed by atoms with van der Waals surface area (Å²) < 4.78 is 6.83. The van der Waals surface area contributed by atoms with Gasteiger partial charge in [0.25, 0.3) is 5.56 Å². The Morgan fingerprint density at radius 2 is 2.23 bits per heavy atom. The lowest BCUT2D eigenvalue weighted by molar-refractivity contribution is 0.185. The molecular formula is C16H18N2O2S2. The number of thiophene rings is 2. The van der Waals surface area contributed by atoms with Crippen molar-refractivity contribution >= 4 is 32.9 Å². The molecule has 4 nitrogen and oxygen atoms in total. The van der Waals surface area contributed by atoms with Gasteiger partial charge in [-0.3, -0.25) is 9.36 Å². The van der Waals surface area contributed by atoms with E-state index in [9.17, 15) is 4.79 Å². The molecule has 0 atom stereocenters. The van der Waals surface area contributed by atoms with Crippen molar-refractivity contribution in [3.63, 3.8) is 0 Å². The Morgan fingerprint density at radius 1 is 1.41 bits per heavy atom. The van der Waals surface area contributed by atoms with Crippen LogP contribution in [0.15, 0.2) is 22.3 Å². The number of aromatic nitrogens is 2. The van der Waals surface area contributed by atoms with Crippen LogP contribution in [0.2, 0.25) is 0 Å². The lowest BCUT2D eigenvalue weighted by Crippen LogP contribution is -2.25. The summed E-state index contributed by atoms with van der Waals surface area (Å²) in [5.74, 6) is 0.746. The first-order valence-electron chi connectivity index (χ1n) is 7.23. The number of hydrogen-bond acceptors (Lipinski definition) is 5. The van der Waals surface area contributed by atoms with Gasteiger partial charge >= 0.3 is 0 Å². The normalized spacial score (nSPS) is 11.4. The van der Waals surface area contributed by atoms with Gasteiger partial charge in [-0.05, 0) is 24.8 Å². The number of nitrogens with zero attached hydrogens (tertiary/aromatic N) is 2. The summed E-state index contributed by atoms with van der Waals surface area (Å²) in [7, 11) is 1.64. The van der Waals surface area contributed by atoms with Crippen molar-refractivity contribution in [2.45, 2.75) is 26.8 Å². The van der Waals surface area contributed by atoms with E-state index >= 15 is 0 Å². The molecular weight excluding hydrogens is 316 g/mol.